The summed E-state index contributed by atoms with van der Waals surface area (Å²) < 4.78 is 7.54. The number of ether oxygens (including phenoxy) is 1. The van der Waals surface area contributed by atoms with E-state index in [1.54, 1.807) is 4.68 Å². The molecule has 84 valence electrons. The molecule has 0 radical (unpaired) electrons. The molecule has 0 bridgehead atoms. The van der Waals surface area contributed by atoms with Crippen LogP contribution in [0.4, 0.5) is 5.82 Å². The first kappa shape index (κ1) is 10.5. The molecule has 4 heteroatoms. The van der Waals surface area contributed by atoms with Gasteiger partial charge in [-0.1, -0.05) is 12.8 Å². The van der Waals surface area contributed by atoms with Crippen LogP contribution in [-0.4, -0.2) is 15.9 Å². The number of aryl methyl sites for hydroxylation is 2. The van der Waals surface area contributed by atoms with Crippen molar-refractivity contribution in [1.29, 1.82) is 0 Å². The van der Waals surface area contributed by atoms with Gasteiger partial charge in [0.05, 0.1) is 18.4 Å². The van der Waals surface area contributed by atoms with Gasteiger partial charge in [0.15, 0.2) is 0 Å². The van der Waals surface area contributed by atoms with Crippen molar-refractivity contribution in [2.75, 3.05) is 5.73 Å². The van der Waals surface area contributed by atoms with E-state index in [9.17, 15) is 0 Å². The molecule has 15 heavy (non-hydrogen) atoms. The summed E-state index contributed by atoms with van der Waals surface area (Å²) in [6.07, 6.45) is 5.42. The van der Waals surface area contributed by atoms with E-state index in [2.05, 4.69) is 5.10 Å². The van der Waals surface area contributed by atoms with Crippen LogP contribution >= 0.6 is 0 Å². The van der Waals surface area contributed by atoms with Gasteiger partial charge in [0, 0.05) is 12.6 Å². The quantitative estimate of drug-likeness (QED) is 0.825. The van der Waals surface area contributed by atoms with Crippen LogP contribution in [0, 0.1) is 6.92 Å². The lowest BCUT2D eigenvalue weighted by Gasteiger charge is -2.10. The molecule has 0 atom stereocenters. The Bertz CT molecular complexity index is 340. The maximum absolute atomic E-state index is 5.91. The normalized spacial score (nSPS) is 17.5. The van der Waals surface area contributed by atoms with E-state index < -0.39 is 0 Å². The van der Waals surface area contributed by atoms with Crippen molar-refractivity contribution in [1.82, 2.24) is 9.78 Å². The molecule has 1 heterocycles. The molecule has 2 rings (SSSR count). The summed E-state index contributed by atoms with van der Waals surface area (Å²) in [5, 5.41) is 4.27. The average Bonchev–Trinajstić information content (AvgIpc) is 2.76. The third-order valence-corrected chi connectivity index (χ3v) is 3.16. The molecular formula is C11H19N3O. The minimum absolute atomic E-state index is 0.434. The zero-order chi connectivity index (χ0) is 10.8. The Morgan fingerprint density at radius 1 is 1.47 bits per heavy atom. The predicted molar refractivity (Wildman–Crippen MR) is 59.4 cm³/mol. The Hall–Kier alpha value is -1.03. The van der Waals surface area contributed by atoms with Crippen LogP contribution in [0.25, 0.3) is 0 Å². The molecule has 1 saturated carbocycles. The van der Waals surface area contributed by atoms with Crippen molar-refractivity contribution in [2.24, 2.45) is 7.05 Å². The van der Waals surface area contributed by atoms with Gasteiger partial charge in [-0.3, -0.25) is 4.68 Å². The Morgan fingerprint density at radius 3 is 2.67 bits per heavy atom. The Balaban J connectivity index is 1.97. The second kappa shape index (κ2) is 4.23. The van der Waals surface area contributed by atoms with Crippen molar-refractivity contribution in [3.05, 3.63) is 11.3 Å². The molecular weight excluding hydrogens is 190 g/mol. The second-order valence-electron chi connectivity index (χ2n) is 4.29. The highest BCUT2D eigenvalue weighted by molar-refractivity contribution is 5.42. The van der Waals surface area contributed by atoms with Crippen molar-refractivity contribution < 1.29 is 4.74 Å². The second-order valence-corrected chi connectivity index (χ2v) is 4.29. The van der Waals surface area contributed by atoms with Crippen LogP contribution in [0.5, 0.6) is 0 Å². The van der Waals surface area contributed by atoms with Gasteiger partial charge in [-0.05, 0) is 19.8 Å². The van der Waals surface area contributed by atoms with E-state index in [1.807, 2.05) is 14.0 Å². The monoisotopic (exact) mass is 209 g/mol. The number of anilines is 1. The molecule has 1 fully saturated rings. The Kier molecular flexibility index (Phi) is 2.95. The van der Waals surface area contributed by atoms with Crippen molar-refractivity contribution >= 4 is 5.82 Å². The number of hydrogen-bond acceptors (Lipinski definition) is 3. The molecule has 0 saturated heterocycles. The van der Waals surface area contributed by atoms with Gasteiger partial charge in [-0.2, -0.15) is 5.10 Å². The standard InChI is InChI=1S/C11H19N3O/c1-8-10(11(12)14(2)13-8)7-15-9-5-3-4-6-9/h9H,3-7,12H2,1-2H3. The van der Waals surface area contributed by atoms with Gasteiger partial charge in [0.25, 0.3) is 0 Å². The minimum Gasteiger partial charge on any atom is -0.384 e. The van der Waals surface area contributed by atoms with Gasteiger partial charge in [0.1, 0.15) is 5.82 Å². The lowest BCUT2D eigenvalue weighted by Crippen LogP contribution is -2.08. The molecule has 1 aliphatic rings. The van der Waals surface area contributed by atoms with Crippen molar-refractivity contribution in [2.45, 2.75) is 45.3 Å². The molecule has 0 spiro atoms. The minimum atomic E-state index is 0.434. The molecule has 0 unspecified atom stereocenters. The largest absolute Gasteiger partial charge is 0.384 e. The third kappa shape index (κ3) is 2.15. The zero-order valence-electron chi connectivity index (χ0n) is 9.49. The fourth-order valence-corrected chi connectivity index (χ4v) is 2.15. The highest BCUT2D eigenvalue weighted by atomic mass is 16.5. The van der Waals surface area contributed by atoms with E-state index in [0.29, 0.717) is 12.7 Å². The summed E-state index contributed by atoms with van der Waals surface area (Å²) in [7, 11) is 1.86. The first-order valence-corrected chi connectivity index (χ1v) is 5.58. The van der Waals surface area contributed by atoms with E-state index in [-0.39, 0.29) is 0 Å². The summed E-state index contributed by atoms with van der Waals surface area (Å²) in [6.45, 7) is 2.58. The number of nitrogens with two attached hydrogens (primary N) is 1. The van der Waals surface area contributed by atoms with Crippen LogP contribution in [-0.2, 0) is 18.4 Å². The van der Waals surface area contributed by atoms with E-state index in [0.717, 1.165) is 17.1 Å². The number of aromatic nitrogens is 2. The fraction of sp³-hybridized carbons (Fsp3) is 0.727. The molecule has 1 aliphatic carbocycles. The maximum Gasteiger partial charge on any atom is 0.127 e. The van der Waals surface area contributed by atoms with Gasteiger partial charge >= 0.3 is 0 Å². The maximum atomic E-state index is 5.91. The van der Waals surface area contributed by atoms with E-state index in [4.69, 9.17) is 10.5 Å². The number of nitrogens with zero attached hydrogens (tertiary/aromatic N) is 2. The average molecular weight is 209 g/mol. The third-order valence-electron chi connectivity index (χ3n) is 3.16. The summed E-state index contributed by atoms with van der Waals surface area (Å²) >= 11 is 0. The van der Waals surface area contributed by atoms with Crippen molar-refractivity contribution in [3.63, 3.8) is 0 Å². The van der Waals surface area contributed by atoms with Gasteiger partial charge in [0.2, 0.25) is 0 Å². The van der Waals surface area contributed by atoms with E-state index in [1.165, 1.54) is 25.7 Å². The smallest absolute Gasteiger partial charge is 0.127 e. The summed E-state index contributed by atoms with van der Waals surface area (Å²) in [4.78, 5) is 0. The number of nitrogen functional groups attached to an aromatic ring is 1. The van der Waals surface area contributed by atoms with Crippen LogP contribution in [0.3, 0.4) is 0 Å². The lowest BCUT2D eigenvalue weighted by atomic mass is 10.2. The molecule has 1 aromatic rings. The van der Waals surface area contributed by atoms with Crippen LogP contribution in [0.2, 0.25) is 0 Å². The molecule has 0 amide bonds. The summed E-state index contributed by atoms with van der Waals surface area (Å²) in [6, 6.07) is 0. The fourth-order valence-electron chi connectivity index (χ4n) is 2.15. The SMILES string of the molecule is Cc1nn(C)c(N)c1COC1CCCC1. The van der Waals surface area contributed by atoms with Crippen molar-refractivity contribution in [3.8, 4) is 0 Å². The van der Waals surface area contributed by atoms with Gasteiger partial charge in [-0.15, -0.1) is 0 Å². The predicted octanol–water partition coefficient (Wildman–Crippen LogP) is 1.77. The summed E-state index contributed by atoms with van der Waals surface area (Å²) in [5.41, 5.74) is 7.93. The molecule has 4 nitrogen and oxygen atoms in total. The molecule has 2 N–H and O–H groups in total. The molecule has 0 aromatic carbocycles. The molecule has 0 aliphatic heterocycles. The number of hydrogen-bond donors (Lipinski definition) is 1. The highest BCUT2D eigenvalue weighted by Gasteiger charge is 2.17. The first-order valence-electron chi connectivity index (χ1n) is 5.58. The van der Waals surface area contributed by atoms with Crippen LogP contribution in [0.1, 0.15) is 36.9 Å². The van der Waals surface area contributed by atoms with Gasteiger partial charge in [-0.25, -0.2) is 0 Å². The lowest BCUT2D eigenvalue weighted by molar-refractivity contribution is 0.0457. The summed E-state index contributed by atoms with van der Waals surface area (Å²) in [5.74, 6) is 0.727. The zero-order valence-corrected chi connectivity index (χ0v) is 9.49. The Labute approximate surface area is 90.4 Å². The van der Waals surface area contributed by atoms with E-state index >= 15 is 0 Å². The Morgan fingerprint density at radius 2 is 2.13 bits per heavy atom. The number of rotatable bonds is 3. The van der Waals surface area contributed by atoms with Crippen LogP contribution < -0.4 is 5.73 Å². The first-order chi connectivity index (χ1) is 7.18. The van der Waals surface area contributed by atoms with Gasteiger partial charge < -0.3 is 10.5 Å². The molecule has 1 aromatic heterocycles. The van der Waals surface area contributed by atoms with Crippen LogP contribution in [0.15, 0.2) is 0 Å². The topological polar surface area (TPSA) is 53.1 Å². The highest BCUT2D eigenvalue weighted by Crippen LogP contribution is 2.24.